The van der Waals surface area contributed by atoms with E-state index in [4.69, 9.17) is 11.6 Å². The van der Waals surface area contributed by atoms with Gasteiger partial charge in [0.2, 0.25) is 0 Å². The van der Waals surface area contributed by atoms with Gasteiger partial charge in [0.1, 0.15) is 0 Å². The Morgan fingerprint density at radius 2 is 1.72 bits per heavy atom. The summed E-state index contributed by atoms with van der Waals surface area (Å²) in [5.74, 6) is -1.97. The molecule has 0 saturated heterocycles. The predicted molar refractivity (Wildman–Crippen MR) is 88.2 cm³/mol. The van der Waals surface area contributed by atoms with Crippen molar-refractivity contribution in [1.29, 1.82) is 0 Å². The second kappa shape index (κ2) is 8.02. The molecule has 8 heteroatoms. The van der Waals surface area contributed by atoms with Crippen LogP contribution < -0.4 is 10.6 Å². The predicted octanol–water partition coefficient (Wildman–Crippen LogP) is 3.66. The van der Waals surface area contributed by atoms with E-state index in [2.05, 4.69) is 10.6 Å². The average molecular weight is 371 g/mol. The maximum atomic E-state index is 12.6. The molecule has 0 bridgehead atoms. The number of amides is 2. The molecule has 2 aromatic rings. The van der Waals surface area contributed by atoms with Crippen molar-refractivity contribution in [2.24, 2.45) is 0 Å². The van der Waals surface area contributed by atoms with Gasteiger partial charge in [-0.3, -0.25) is 9.59 Å². The Labute approximate surface area is 147 Å². The highest BCUT2D eigenvalue weighted by Crippen LogP contribution is 2.30. The topological polar surface area (TPSA) is 58.2 Å². The average Bonchev–Trinajstić information content (AvgIpc) is 2.54. The van der Waals surface area contributed by atoms with Gasteiger partial charge in [0.05, 0.1) is 5.56 Å². The first-order chi connectivity index (χ1) is 11.8. The number of hydrogen-bond acceptors (Lipinski definition) is 2. The van der Waals surface area contributed by atoms with Gasteiger partial charge in [-0.15, -0.1) is 0 Å². The van der Waals surface area contributed by atoms with E-state index >= 15 is 0 Å². The zero-order valence-electron chi connectivity index (χ0n) is 12.9. The summed E-state index contributed by atoms with van der Waals surface area (Å²) in [5.41, 5.74) is -0.137. The van der Waals surface area contributed by atoms with Crippen molar-refractivity contribution in [1.82, 2.24) is 5.32 Å². The molecule has 4 nitrogen and oxygen atoms in total. The number of carbonyl (C=O) groups is 2. The first-order valence-corrected chi connectivity index (χ1v) is 7.64. The zero-order chi connectivity index (χ0) is 18.4. The first-order valence-electron chi connectivity index (χ1n) is 7.26. The van der Waals surface area contributed by atoms with Crippen molar-refractivity contribution in [3.8, 4) is 0 Å². The molecule has 0 aliphatic rings. The third kappa shape index (κ3) is 5.79. The van der Waals surface area contributed by atoms with Gasteiger partial charge in [-0.25, -0.2) is 0 Å². The smallest absolute Gasteiger partial charge is 0.347 e. The van der Waals surface area contributed by atoms with E-state index in [-0.39, 0.29) is 12.2 Å². The minimum atomic E-state index is -4.53. The van der Waals surface area contributed by atoms with Crippen LogP contribution in [0.3, 0.4) is 0 Å². The second-order valence-electron chi connectivity index (χ2n) is 5.17. The fourth-order valence-corrected chi connectivity index (χ4v) is 2.27. The lowest BCUT2D eigenvalue weighted by molar-refractivity contribution is -0.137. The van der Waals surface area contributed by atoms with Crippen LogP contribution in [0.2, 0.25) is 5.02 Å². The lowest BCUT2D eigenvalue weighted by Crippen LogP contribution is -2.36. The number of carbonyl (C=O) groups excluding carboxylic acids is 2. The molecule has 0 aromatic heterocycles. The highest BCUT2D eigenvalue weighted by molar-refractivity contribution is 6.39. The van der Waals surface area contributed by atoms with Crippen LogP contribution >= 0.6 is 11.6 Å². The minimum absolute atomic E-state index is 0.107. The fourth-order valence-electron chi connectivity index (χ4n) is 2.05. The summed E-state index contributed by atoms with van der Waals surface area (Å²) < 4.78 is 37.9. The molecule has 2 N–H and O–H groups in total. The van der Waals surface area contributed by atoms with Gasteiger partial charge in [0, 0.05) is 17.3 Å². The number of rotatable bonds is 4. The first kappa shape index (κ1) is 18.8. The Hall–Kier alpha value is -2.54. The summed E-state index contributed by atoms with van der Waals surface area (Å²) in [6.07, 6.45) is -4.07. The van der Waals surface area contributed by atoms with Crippen molar-refractivity contribution in [3.63, 3.8) is 0 Å². The summed E-state index contributed by atoms with van der Waals surface area (Å²) >= 11 is 5.84. The summed E-state index contributed by atoms with van der Waals surface area (Å²) in [7, 11) is 0. The molecule has 0 atom stereocenters. The third-order valence-corrected chi connectivity index (χ3v) is 3.48. The van der Waals surface area contributed by atoms with Gasteiger partial charge in [-0.05, 0) is 42.3 Å². The molecule has 2 aromatic carbocycles. The summed E-state index contributed by atoms with van der Waals surface area (Å²) in [5, 5.41) is 5.10. The van der Waals surface area contributed by atoms with Crippen LogP contribution in [-0.2, 0) is 22.2 Å². The highest BCUT2D eigenvalue weighted by Gasteiger charge is 2.30. The molecule has 25 heavy (non-hydrogen) atoms. The van der Waals surface area contributed by atoms with Crippen molar-refractivity contribution >= 4 is 29.1 Å². The fraction of sp³-hybridized carbons (Fsp3) is 0.176. The van der Waals surface area contributed by atoms with E-state index in [1.807, 2.05) is 6.07 Å². The molecule has 2 amide bonds. The van der Waals surface area contributed by atoms with Gasteiger partial charge < -0.3 is 10.6 Å². The van der Waals surface area contributed by atoms with Gasteiger partial charge in [0.15, 0.2) is 0 Å². The maximum absolute atomic E-state index is 12.6. The second-order valence-corrected chi connectivity index (χ2v) is 5.60. The number of benzene rings is 2. The Bertz CT molecular complexity index is 778. The SMILES string of the molecule is O=C(NCCc1cccc(Cl)c1)C(=O)Nc1cccc(C(F)(F)F)c1. The van der Waals surface area contributed by atoms with Gasteiger partial charge in [0.25, 0.3) is 0 Å². The van der Waals surface area contributed by atoms with Crippen molar-refractivity contribution in [2.75, 3.05) is 11.9 Å². The van der Waals surface area contributed by atoms with Gasteiger partial charge in [-0.1, -0.05) is 29.8 Å². The van der Waals surface area contributed by atoms with Crippen LogP contribution in [0.25, 0.3) is 0 Å². The summed E-state index contributed by atoms with van der Waals surface area (Å²) in [6.45, 7) is 0.190. The van der Waals surface area contributed by atoms with E-state index in [0.717, 1.165) is 23.8 Å². The van der Waals surface area contributed by atoms with Crippen LogP contribution in [-0.4, -0.2) is 18.4 Å². The molecule has 0 unspecified atom stereocenters. The van der Waals surface area contributed by atoms with Gasteiger partial charge >= 0.3 is 18.0 Å². The van der Waals surface area contributed by atoms with Crippen molar-refractivity contribution in [3.05, 3.63) is 64.7 Å². The molecular formula is C17H14ClF3N2O2. The van der Waals surface area contributed by atoms with Crippen LogP contribution in [0.5, 0.6) is 0 Å². The number of nitrogens with one attached hydrogen (secondary N) is 2. The summed E-state index contributed by atoms with van der Waals surface area (Å²) in [6, 6.07) is 11.1. The Kier molecular flexibility index (Phi) is 6.03. The molecule has 0 radical (unpaired) electrons. The maximum Gasteiger partial charge on any atom is 0.416 e. The Morgan fingerprint density at radius 1 is 1.00 bits per heavy atom. The molecule has 132 valence electrons. The number of anilines is 1. The quantitative estimate of drug-likeness (QED) is 0.807. The van der Waals surface area contributed by atoms with Crippen molar-refractivity contribution in [2.45, 2.75) is 12.6 Å². The van der Waals surface area contributed by atoms with E-state index in [9.17, 15) is 22.8 Å². The molecule has 2 rings (SSSR count). The Morgan fingerprint density at radius 3 is 2.40 bits per heavy atom. The van der Waals surface area contributed by atoms with Gasteiger partial charge in [-0.2, -0.15) is 13.2 Å². The monoisotopic (exact) mass is 370 g/mol. The van der Waals surface area contributed by atoms with Crippen molar-refractivity contribution < 1.29 is 22.8 Å². The molecule has 0 saturated carbocycles. The lowest BCUT2D eigenvalue weighted by Gasteiger charge is -2.10. The molecular weight excluding hydrogens is 357 g/mol. The van der Waals surface area contributed by atoms with E-state index in [1.165, 1.54) is 6.07 Å². The lowest BCUT2D eigenvalue weighted by atomic mass is 10.1. The van der Waals surface area contributed by atoms with Crippen LogP contribution in [0.15, 0.2) is 48.5 Å². The third-order valence-electron chi connectivity index (χ3n) is 3.24. The van der Waals surface area contributed by atoms with E-state index in [0.29, 0.717) is 11.4 Å². The number of hydrogen-bond donors (Lipinski definition) is 2. The molecule has 0 spiro atoms. The van der Waals surface area contributed by atoms with Crippen LogP contribution in [0.4, 0.5) is 18.9 Å². The molecule has 0 fully saturated rings. The number of alkyl halides is 3. The summed E-state index contributed by atoms with van der Waals surface area (Å²) in [4.78, 5) is 23.5. The number of halogens is 4. The Balaban J connectivity index is 1.87. The largest absolute Gasteiger partial charge is 0.416 e. The normalized spacial score (nSPS) is 11.0. The molecule has 0 heterocycles. The van der Waals surface area contributed by atoms with E-state index < -0.39 is 23.6 Å². The highest BCUT2D eigenvalue weighted by atomic mass is 35.5. The molecule has 0 aliphatic heterocycles. The standard InChI is InChI=1S/C17H14ClF3N2O2/c18-13-5-1-3-11(9-13)7-8-22-15(24)16(25)23-14-6-2-4-12(10-14)17(19,20)21/h1-6,9-10H,7-8H2,(H,22,24)(H,23,25). The zero-order valence-corrected chi connectivity index (χ0v) is 13.6. The van der Waals surface area contributed by atoms with Crippen LogP contribution in [0.1, 0.15) is 11.1 Å². The minimum Gasteiger partial charge on any atom is -0.347 e. The van der Waals surface area contributed by atoms with E-state index in [1.54, 1.807) is 18.2 Å². The molecule has 0 aliphatic carbocycles. The van der Waals surface area contributed by atoms with Crippen LogP contribution in [0, 0.1) is 0 Å².